The third kappa shape index (κ3) is 5.82. The lowest BCUT2D eigenvalue weighted by atomic mass is 10.2. The standard InChI is InChI=1S/C16H22N4O2S.HI/c1-11-19-13(10-23-11)7-8-18-16(17-2)20-12-5-6-14(21-3)15(9-12)22-4;/h5-6,9-10H,7-8H2,1-4H3,(H2,17,18,20);1H. The molecule has 0 atom stereocenters. The van der Waals surface area contributed by atoms with Crippen LogP contribution in [0.5, 0.6) is 11.5 Å². The maximum atomic E-state index is 5.30. The third-order valence-corrected chi connectivity index (χ3v) is 4.03. The van der Waals surface area contributed by atoms with Gasteiger partial charge in [0, 0.05) is 37.1 Å². The van der Waals surface area contributed by atoms with Crippen molar-refractivity contribution in [1.82, 2.24) is 10.3 Å². The number of halogens is 1. The highest BCUT2D eigenvalue weighted by molar-refractivity contribution is 14.0. The first-order valence-corrected chi connectivity index (χ1v) is 8.15. The van der Waals surface area contributed by atoms with Crippen LogP contribution in [0.25, 0.3) is 0 Å². The van der Waals surface area contributed by atoms with Gasteiger partial charge in [0.05, 0.1) is 24.9 Å². The van der Waals surface area contributed by atoms with E-state index in [1.165, 1.54) is 0 Å². The SMILES string of the molecule is CN=C(NCCc1csc(C)n1)Nc1ccc(OC)c(OC)c1.I. The normalized spacial score (nSPS) is 10.8. The van der Waals surface area contributed by atoms with Crippen molar-refractivity contribution in [1.29, 1.82) is 0 Å². The molecular weight excluding hydrogens is 439 g/mol. The fraction of sp³-hybridized carbons (Fsp3) is 0.375. The van der Waals surface area contributed by atoms with E-state index in [9.17, 15) is 0 Å². The summed E-state index contributed by atoms with van der Waals surface area (Å²) in [6.07, 6.45) is 0.858. The van der Waals surface area contributed by atoms with Crippen LogP contribution in [-0.4, -0.2) is 38.8 Å². The van der Waals surface area contributed by atoms with E-state index in [-0.39, 0.29) is 24.0 Å². The van der Waals surface area contributed by atoms with Gasteiger partial charge in [-0.1, -0.05) is 0 Å². The predicted octanol–water partition coefficient (Wildman–Crippen LogP) is 3.32. The fourth-order valence-corrected chi connectivity index (χ4v) is 2.71. The molecule has 0 saturated heterocycles. The van der Waals surface area contributed by atoms with Gasteiger partial charge in [-0.05, 0) is 19.1 Å². The van der Waals surface area contributed by atoms with Crippen LogP contribution in [0, 0.1) is 6.92 Å². The molecule has 132 valence electrons. The summed E-state index contributed by atoms with van der Waals surface area (Å²) in [6, 6.07) is 5.64. The van der Waals surface area contributed by atoms with E-state index in [1.54, 1.807) is 32.6 Å². The van der Waals surface area contributed by atoms with Crippen molar-refractivity contribution in [3.8, 4) is 11.5 Å². The van der Waals surface area contributed by atoms with E-state index < -0.39 is 0 Å². The number of benzene rings is 1. The number of aryl methyl sites for hydroxylation is 1. The van der Waals surface area contributed by atoms with E-state index >= 15 is 0 Å². The molecule has 0 radical (unpaired) electrons. The van der Waals surface area contributed by atoms with E-state index in [0.717, 1.165) is 29.4 Å². The van der Waals surface area contributed by atoms with Crippen molar-refractivity contribution in [2.45, 2.75) is 13.3 Å². The first-order valence-electron chi connectivity index (χ1n) is 7.27. The summed E-state index contributed by atoms with van der Waals surface area (Å²) in [4.78, 5) is 8.67. The Balaban J connectivity index is 0.00000288. The molecule has 0 aliphatic rings. The van der Waals surface area contributed by atoms with Gasteiger partial charge < -0.3 is 20.1 Å². The maximum Gasteiger partial charge on any atom is 0.195 e. The summed E-state index contributed by atoms with van der Waals surface area (Å²) < 4.78 is 10.5. The van der Waals surface area contributed by atoms with Crippen molar-refractivity contribution in [3.05, 3.63) is 34.3 Å². The van der Waals surface area contributed by atoms with Gasteiger partial charge in [-0.15, -0.1) is 35.3 Å². The molecule has 0 bridgehead atoms. The second-order valence-electron chi connectivity index (χ2n) is 4.80. The summed E-state index contributed by atoms with van der Waals surface area (Å²) in [5.41, 5.74) is 1.97. The van der Waals surface area contributed by atoms with Crippen LogP contribution in [0.1, 0.15) is 10.7 Å². The lowest BCUT2D eigenvalue weighted by Crippen LogP contribution is -2.32. The number of ether oxygens (including phenoxy) is 2. The molecule has 0 unspecified atom stereocenters. The number of nitrogens with zero attached hydrogens (tertiary/aromatic N) is 2. The summed E-state index contributed by atoms with van der Waals surface area (Å²) in [5.74, 6) is 2.06. The average Bonchev–Trinajstić information content (AvgIpc) is 2.99. The summed E-state index contributed by atoms with van der Waals surface area (Å²) in [6.45, 7) is 2.77. The Kier molecular flexibility index (Phi) is 8.83. The van der Waals surface area contributed by atoms with Gasteiger partial charge in [0.15, 0.2) is 17.5 Å². The Bertz CT molecular complexity index is 676. The topological polar surface area (TPSA) is 67.8 Å². The Morgan fingerprint density at radius 2 is 2.00 bits per heavy atom. The van der Waals surface area contributed by atoms with Crippen molar-refractivity contribution in [3.63, 3.8) is 0 Å². The van der Waals surface area contributed by atoms with Crippen LogP contribution in [-0.2, 0) is 6.42 Å². The van der Waals surface area contributed by atoms with Crippen LogP contribution >= 0.6 is 35.3 Å². The lowest BCUT2D eigenvalue weighted by Gasteiger charge is -2.13. The first-order chi connectivity index (χ1) is 11.2. The van der Waals surface area contributed by atoms with Crippen molar-refractivity contribution < 1.29 is 9.47 Å². The van der Waals surface area contributed by atoms with Gasteiger partial charge >= 0.3 is 0 Å². The Hall–Kier alpha value is -1.55. The molecule has 1 aromatic heterocycles. The van der Waals surface area contributed by atoms with Gasteiger partial charge in [-0.3, -0.25) is 4.99 Å². The second-order valence-corrected chi connectivity index (χ2v) is 5.86. The number of hydrogen-bond donors (Lipinski definition) is 2. The molecule has 2 aromatic rings. The zero-order chi connectivity index (χ0) is 16.7. The van der Waals surface area contributed by atoms with Gasteiger partial charge in [-0.2, -0.15) is 0 Å². The lowest BCUT2D eigenvalue weighted by molar-refractivity contribution is 0.355. The first kappa shape index (κ1) is 20.5. The number of hydrogen-bond acceptors (Lipinski definition) is 5. The van der Waals surface area contributed by atoms with Gasteiger partial charge in [0.1, 0.15) is 0 Å². The van der Waals surface area contributed by atoms with Crippen LogP contribution in [0.4, 0.5) is 5.69 Å². The molecule has 0 aliphatic heterocycles. The van der Waals surface area contributed by atoms with Gasteiger partial charge in [-0.25, -0.2) is 4.98 Å². The van der Waals surface area contributed by atoms with E-state index in [4.69, 9.17) is 9.47 Å². The molecule has 2 rings (SSSR count). The number of rotatable bonds is 6. The zero-order valence-electron chi connectivity index (χ0n) is 14.3. The monoisotopic (exact) mass is 462 g/mol. The number of guanidine groups is 1. The average molecular weight is 462 g/mol. The van der Waals surface area contributed by atoms with Crippen molar-refractivity contribution >= 4 is 47.0 Å². The molecule has 0 aliphatic carbocycles. The summed E-state index contributed by atoms with van der Waals surface area (Å²) in [7, 11) is 4.97. The predicted molar refractivity (Wildman–Crippen MR) is 111 cm³/mol. The largest absolute Gasteiger partial charge is 0.493 e. The summed E-state index contributed by atoms with van der Waals surface area (Å²) >= 11 is 1.67. The number of aromatic nitrogens is 1. The van der Waals surface area contributed by atoms with Crippen molar-refractivity contribution in [2.24, 2.45) is 4.99 Å². The van der Waals surface area contributed by atoms with Crippen molar-refractivity contribution in [2.75, 3.05) is 33.1 Å². The summed E-state index contributed by atoms with van der Waals surface area (Å²) in [5, 5.41) is 9.68. The molecule has 24 heavy (non-hydrogen) atoms. The van der Waals surface area contributed by atoms with Gasteiger partial charge in [0.25, 0.3) is 0 Å². The van der Waals surface area contributed by atoms with Crippen LogP contribution < -0.4 is 20.1 Å². The number of thiazole rings is 1. The Labute approximate surface area is 163 Å². The molecule has 6 nitrogen and oxygen atoms in total. The molecule has 0 amide bonds. The molecule has 0 spiro atoms. The molecule has 2 N–H and O–H groups in total. The number of anilines is 1. The fourth-order valence-electron chi connectivity index (χ4n) is 2.06. The quantitative estimate of drug-likeness (QED) is 0.392. The number of methoxy groups -OCH3 is 2. The smallest absolute Gasteiger partial charge is 0.195 e. The van der Waals surface area contributed by atoms with Crippen LogP contribution in [0.15, 0.2) is 28.6 Å². The van der Waals surface area contributed by atoms with E-state index in [1.807, 2.05) is 25.1 Å². The van der Waals surface area contributed by atoms with Crippen LogP contribution in [0.2, 0.25) is 0 Å². The third-order valence-electron chi connectivity index (χ3n) is 3.21. The highest BCUT2D eigenvalue weighted by Gasteiger charge is 2.06. The molecular formula is C16H23IN4O2S. The molecule has 0 fully saturated rings. The molecule has 8 heteroatoms. The Morgan fingerprint density at radius 1 is 1.25 bits per heavy atom. The maximum absolute atomic E-state index is 5.30. The second kappa shape index (κ2) is 10.3. The molecule has 0 saturated carbocycles. The minimum Gasteiger partial charge on any atom is -0.493 e. The highest BCUT2D eigenvalue weighted by atomic mass is 127. The number of nitrogens with one attached hydrogen (secondary N) is 2. The minimum atomic E-state index is 0. The van der Waals surface area contributed by atoms with E-state index in [0.29, 0.717) is 17.5 Å². The van der Waals surface area contributed by atoms with E-state index in [2.05, 4.69) is 26.0 Å². The van der Waals surface area contributed by atoms with Gasteiger partial charge in [0.2, 0.25) is 0 Å². The zero-order valence-corrected chi connectivity index (χ0v) is 17.4. The Morgan fingerprint density at radius 3 is 2.58 bits per heavy atom. The minimum absolute atomic E-state index is 0. The molecule has 1 aromatic carbocycles. The van der Waals surface area contributed by atoms with Crippen LogP contribution in [0.3, 0.4) is 0 Å². The highest BCUT2D eigenvalue weighted by Crippen LogP contribution is 2.29. The number of aliphatic imine (C=N–C) groups is 1. The molecule has 1 heterocycles.